The van der Waals surface area contributed by atoms with Crippen molar-refractivity contribution in [3.8, 4) is 0 Å². The number of piperidine rings is 1. The highest BCUT2D eigenvalue weighted by Crippen LogP contribution is 2.51. The van der Waals surface area contributed by atoms with Crippen LogP contribution in [0.1, 0.15) is 31.7 Å². The Bertz CT molecular complexity index is 626. The number of nitrogens with zero attached hydrogens (tertiary/aromatic N) is 1. The van der Waals surface area contributed by atoms with Crippen LogP contribution in [0, 0.1) is 17.3 Å². The van der Waals surface area contributed by atoms with Crippen LogP contribution in [0.4, 0.5) is 0 Å². The highest BCUT2D eigenvalue weighted by Gasteiger charge is 2.52. The number of carbonyl (C=O) groups is 2. The molecule has 1 saturated carbocycles. The van der Waals surface area contributed by atoms with E-state index < -0.39 is 5.97 Å². The molecule has 0 spiro atoms. The van der Waals surface area contributed by atoms with Gasteiger partial charge in [0.15, 0.2) is 0 Å². The average Bonchev–Trinajstić information content (AvgIpc) is 3.29. The molecule has 23 heavy (non-hydrogen) atoms. The predicted octanol–water partition coefficient (Wildman–Crippen LogP) is 3.23. The Labute approximate surface area is 141 Å². The van der Waals surface area contributed by atoms with Crippen LogP contribution in [-0.4, -0.2) is 35.0 Å². The van der Waals surface area contributed by atoms with Gasteiger partial charge in [0.1, 0.15) is 0 Å². The first-order valence-electron chi connectivity index (χ1n) is 8.18. The lowest BCUT2D eigenvalue weighted by Gasteiger charge is -2.37. The maximum absolute atomic E-state index is 13.0. The molecule has 1 amide bonds. The quantitative estimate of drug-likeness (QED) is 0.919. The van der Waals surface area contributed by atoms with Gasteiger partial charge in [0, 0.05) is 18.1 Å². The first-order chi connectivity index (χ1) is 10.9. The summed E-state index contributed by atoms with van der Waals surface area (Å²) in [5.74, 6) is -0.908. The van der Waals surface area contributed by atoms with E-state index in [1.165, 1.54) is 0 Å². The van der Waals surface area contributed by atoms with E-state index in [1.54, 1.807) is 0 Å². The van der Waals surface area contributed by atoms with E-state index in [2.05, 4.69) is 0 Å². The van der Waals surface area contributed by atoms with Gasteiger partial charge in [0.05, 0.1) is 11.3 Å². The van der Waals surface area contributed by atoms with Gasteiger partial charge in [0.2, 0.25) is 5.91 Å². The van der Waals surface area contributed by atoms with Crippen LogP contribution in [0.15, 0.2) is 24.3 Å². The number of carbonyl (C=O) groups excluding carboxylic acids is 1. The van der Waals surface area contributed by atoms with Crippen molar-refractivity contribution >= 4 is 23.5 Å². The molecule has 0 bridgehead atoms. The molecule has 1 aromatic carbocycles. The molecule has 0 radical (unpaired) electrons. The summed E-state index contributed by atoms with van der Waals surface area (Å²) in [6, 6.07) is 7.68. The Morgan fingerprint density at radius 3 is 2.61 bits per heavy atom. The molecule has 2 atom stereocenters. The summed E-state index contributed by atoms with van der Waals surface area (Å²) in [4.78, 5) is 26.0. The second-order valence-corrected chi connectivity index (χ2v) is 7.42. The van der Waals surface area contributed by atoms with Crippen LogP contribution >= 0.6 is 11.6 Å². The molecule has 124 valence electrons. The second kappa shape index (κ2) is 6.16. The van der Waals surface area contributed by atoms with Crippen molar-refractivity contribution in [3.63, 3.8) is 0 Å². The van der Waals surface area contributed by atoms with Crippen LogP contribution in [0.3, 0.4) is 0 Å². The minimum Gasteiger partial charge on any atom is -0.481 e. The number of rotatable bonds is 4. The summed E-state index contributed by atoms with van der Waals surface area (Å²) in [6.07, 6.45) is 3.01. The van der Waals surface area contributed by atoms with Crippen molar-refractivity contribution in [1.82, 2.24) is 4.90 Å². The number of likely N-dealkylation sites (tertiary alicyclic amines) is 1. The molecule has 1 aromatic rings. The molecule has 1 heterocycles. The van der Waals surface area contributed by atoms with Gasteiger partial charge in [-0.15, -0.1) is 0 Å². The van der Waals surface area contributed by atoms with Gasteiger partial charge in [-0.25, -0.2) is 0 Å². The zero-order valence-corrected chi connectivity index (χ0v) is 14.1. The van der Waals surface area contributed by atoms with Gasteiger partial charge >= 0.3 is 5.97 Å². The van der Waals surface area contributed by atoms with Gasteiger partial charge < -0.3 is 10.0 Å². The minimum absolute atomic E-state index is 0.00122. The molecule has 1 aliphatic heterocycles. The van der Waals surface area contributed by atoms with Gasteiger partial charge in [0.25, 0.3) is 0 Å². The number of carboxylic acid groups (broad SMARTS) is 1. The van der Waals surface area contributed by atoms with Crippen molar-refractivity contribution in [2.75, 3.05) is 13.1 Å². The van der Waals surface area contributed by atoms with E-state index in [0.717, 1.165) is 18.4 Å². The normalized spacial score (nSPS) is 25.9. The first kappa shape index (κ1) is 16.3. The van der Waals surface area contributed by atoms with Gasteiger partial charge in [-0.1, -0.05) is 36.7 Å². The van der Waals surface area contributed by atoms with E-state index in [0.29, 0.717) is 31.0 Å². The van der Waals surface area contributed by atoms with Crippen molar-refractivity contribution < 1.29 is 14.7 Å². The van der Waals surface area contributed by atoms with Gasteiger partial charge in [-0.05, 0) is 43.2 Å². The van der Waals surface area contributed by atoms with Crippen LogP contribution in [-0.2, 0) is 16.0 Å². The third kappa shape index (κ3) is 3.23. The molecule has 1 saturated heterocycles. The molecular weight excluding hydrogens is 314 g/mol. The van der Waals surface area contributed by atoms with Gasteiger partial charge in [-0.3, -0.25) is 9.59 Å². The molecule has 2 aliphatic rings. The van der Waals surface area contributed by atoms with E-state index in [-0.39, 0.29) is 23.2 Å². The maximum Gasteiger partial charge on any atom is 0.306 e. The summed E-state index contributed by atoms with van der Waals surface area (Å²) < 4.78 is 0. The molecule has 2 fully saturated rings. The summed E-state index contributed by atoms with van der Waals surface area (Å²) in [6.45, 7) is 3.01. The first-order valence-corrected chi connectivity index (χ1v) is 8.56. The SMILES string of the molecule is CC1CN(C(=O)C2(Cc3ccccc3Cl)CC2)CCC1C(=O)O. The zero-order chi connectivity index (χ0) is 16.6. The van der Waals surface area contributed by atoms with E-state index in [9.17, 15) is 14.7 Å². The monoisotopic (exact) mass is 335 g/mol. The summed E-state index contributed by atoms with van der Waals surface area (Å²) in [5.41, 5.74) is 0.703. The topological polar surface area (TPSA) is 57.6 Å². The molecule has 3 rings (SSSR count). The molecular formula is C18H22ClNO3. The lowest BCUT2D eigenvalue weighted by molar-refractivity contribution is -0.150. The van der Waals surface area contributed by atoms with Gasteiger partial charge in [-0.2, -0.15) is 0 Å². The highest BCUT2D eigenvalue weighted by molar-refractivity contribution is 6.31. The number of hydrogen-bond acceptors (Lipinski definition) is 2. The highest BCUT2D eigenvalue weighted by atomic mass is 35.5. The van der Waals surface area contributed by atoms with Crippen LogP contribution in [0.2, 0.25) is 5.02 Å². The Balaban J connectivity index is 1.69. The van der Waals surface area contributed by atoms with E-state index in [4.69, 9.17) is 11.6 Å². The van der Waals surface area contributed by atoms with Crippen molar-refractivity contribution in [3.05, 3.63) is 34.9 Å². The molecule has 4 nitrogen and oxygen atoms in total. The Kier molecular flexibility index (Phi) is 4.37. The number of halogens is 1. The minimum atomic E-state index is -0.748. The Hall–Kier alpha value is -1.55. The fourth-order valence-corrected chi connectivity index (χ4v) is 3.86. The second-order valence-electron chi connectivity index (χ2n) is 7.01. The Morgan fingerprint density at radius 2 is 2.04 bits per heavy atom. The standard InChI is InChI=1S/C18H22ClNO3/c1-12-11-20(9-6-14(12)16(21)22)17(23)18(7-8-18)10-13-4-2-3-5-15(13)19/h2-5,12,14H,6-11H2,1H3,(H,21,22). The smallest absolute Gasteiger partial charge is 0.306 e. The number of benzene rings is 1. The summed E-state index contributed by atoms with van der Waals surface area (Å²) in [7, 11) is 0. The van der Waals surface area contributed by atoms with Crippen molar-refractivity contribution in [2.24, 2.45) is 17.3 Å². The van der Waals surface area contributed by atoms with E-state index >= 15 is 0 Å². The van der Waals surface area contributed by atoms with Crippen LogP contribution < -0.4 is 0 Å². The average molecular weight is 336 g/mol. The molecule has 1 aliphatic carbocycles. The predicted molar refractivity (Wildman–Crippen MR) is 88.3 cm³/mol. The fourth-order valence-electron chi connectivity index (χ4n) is 3.66. The van der Waals surface area contributed by atoms with Crippen molar-refractivity contribution in [1.29, 1.82) is 0 Å². The molecule has 5 heteroatoms. The zero-order valence-electron chi connectivity index (χ0n) is 13.3. The third-order valence-electron chi connectivity index (χ3n) is 5.30. The van der Waals surface area contributed by atoms with E-state index in [1.807, 2.05) is 36.1 Å². The molecule has 2 unspecified atom stereocenters. The Morgan fingerprint density at radius 1 is 1.35 bits per heavy atom. The summed E-state index contributed by atoms with van der Waals surface area (Å²) in [5, 5.41) is 9.93. The van der Waals surface area contributed by atoms with Crippen LogP contribution in [0.5, 0.6) is 0 Å². The summed E-state index contributed by atoms with van der Waals surface area (Å²) >= 11 is 6.24. The fraction of sp³-hybridized carbons (Fsp3) is 0.556. The number of carboxylic acids is 1. The third-order valence-corrected chi connectivity index (χ3v) is 5.67. The lowest BCUT2D eigenvalue weighted by atomic mass is 9.85. The van der Waals surface area contributed by atoms with Crippen molar-refractivity contribution in [2.45, 2.75) is 32.6 Å². The number of aliphatic carboxylic acids is 1. The number of hydrogen-bond donors (Lipinski definition) is 1. The molecule has 1 N–H and O–H groups in total. The number of amides is 1. The largest absolute Gasteiger partial charge is 0.481 e. The molecule has 0 aromatic heterocycles. The van der Waals surface area contributed by atoms with Crippen LogP contribution in [0.25, 0.3) is 0 Å². The lowest BCUT2D eigenvalue weighted by Crippen LogP contribution is -2.48. The maximum atomic E-state index is 13.0.